The van der Waals surface area contributed by atoms with E-state index in [1.165, 1.54) is 0 Å². The van der Waals surface area contributed by atoms with Gasteiger partial charge in [0.15, 0.2) is 0 Å². The van der Waals surface area contributed by atoms with Gasteiger partial charge in [0.25, 0.3) is 0 Å². The maximum Gasteiger partial charge on any atom is 0.411 e. The third-order valence-electron chi connectivity index (χ3n) is 5.43. The number of benzene rings is 4. The molecule has 0 aliphatic rings. The average Bonchev–Trinajstić information content (AvgIpc) is 2.76. The summed E-state index contributed by atoms with van der Waals surface area (Å²) in [6.45, 7) is 0. The van der Waals surface area contributed by atoms with Gasteiger partial charge in [0.05, 0.1) is 0 Å². The minimum atomic E-state index is -5.78. The molecule has 176 valence electrons. The predicted molar refractivity (Wildman–Crippen MR) is 120 cm³/mol. The van der Waals surface area contributed by atoms with Gasteiger partial charge in [0.1, 0.15) is 11.5 Å². The summed E-state index contributed by atoms with van der Waals surface area (Å²) in [6.07, 6.45) is -11.6. The van der Waals surface area contributed by atoms with Crippen molar-refractivity contribution in [1.29, 1.82) is 0 Å². The molecule has 34 heavy (non-hydrogen) atoms. The second-order valence-electron chi connectivity index (χ2n) is 7.51. The van der Waals surface area contributed by atoms with Crippen LogP contribution in [-0.4, -0.2) is 12.4 Å². The van der Waals surface area contributed by atoms with Crippen molar-refractivity contribution in [2.75, 3.05) is 0 Å². The minimum absolute atomic E-state index is 0.0643. The smallest absolute Gasteiger partial charge is 0.411 e. The summed E-state index contributed by atoms with van der Waals surface area (Å²) in [7, 11) is 0. The fourth-order valence-electron chi connectivity index (χ4n) is 3.87. The molecule has 0 fully saturated rings. The normalized spacial score (nSPS) is 12.7. The van der Waals surface area contributed by atoms with E-state index < -0.39 is 33.9 Å². The Kier molecular flexibility index (Phi) is 6.21. The summed E-state index contributed by atoms with van der Waals surface area (Å²) in [6, 6.07) is 18.8. The average molecular weight is 515 g/mol. The number of alkyl halides is 6. The third kappa shape index (κ3) is 4.18. The molecule has 0 saturated heterocycles. The maximum absolute atomic E-state index is 14.3. The Hall–Kier alpha value is -2.90. The Labute approximate surface area is 200 Å². The van der Waals surface area contributed by atoms with Gasteiger partial charge in [-0.25, -0.2) is 0 Å². The highest BCUT2D eigenvalue weighted by atomic mass is 35.5. The van der Waals surface area contributed by atoms with Crippen LogP contribution in [0, 0.1) is 0 Å². The molecule has 0 aliphatic carbocycles. The SMILES string of the molecule is FC(F)(F)C(c1ccc(Oc2ccc3ccccc3c2)cc1)(c1cc(Cl)ccc1Cl)C(F)(F)F. The molecule has 4 aromatic rings. The molecule has 0 N–H and O–H groups in total. The van der Waals surface area contributed by atoms with Crippen LogP contribution in [0.15, 0.2) is 84.9 Å². The van der Waals surface area contributed by atoms with Gasteiger partial charge < -0.3 is 4.74 Å². The molecule has 0 heterocycles. The predicted octanol–water partition coefficient (Wildman–Crippen LogP) is 9.35. The molecular weight excluding hydrogens is 501 g/mol. The lowest BCUT2D eigenvalue weighted by molar-refractivity contribution is -0.288. The second kappa shape index (κ2) is 8.71. The zero-order valence-electron chi connectivity index (χ0n) is 17.0. The van der Waals surface area contributed by atoms with Gasteiger partial charge >= 0.3 is 12.4 Å². The zero-order chi connectivity index (χ0) is 24.7. The van der Waals surface area contributed by atoms with Crippen molar-refractivity contribution in [2.24, 2.45) is 0 Å². The van der Waals surface area contributed by atoms with Crippen LogP contribution in [0.4, 0.5) is 26.3 Å². The Morgan fingerprint density at radius 2 is 1.18 bits per heavy atom. The van der Waals surface area contributed by atoms with Crippen molar-refractivity contribution in [1.82, 2.24) is 0 Å². The van der Waals surface area contributed by atoms with Gasteiger partial charge in [-0.05, 0) is 58.8 Å². The van der Waals surface area contributed by atoms with E-state index in [0.29, 0.717) is 11.8 Å². The zero-order valence-corrected chi connectivity index (χ0v) is 18.5. The van der Waals surface area contributed by atoms with Crippen molar-refractivity contribution in [3.63, 3.8) is 0 Å². The minimum Gasteiger partial charge on any atom is -0.457 e. The van der Waals surface area contributed by atoms with E-state index in [1.54, 1.807) is 18.2 Å². The lowest BCUT2D eigenvalue weighted by atomic mass is 9.73. The van der Waals surface area contributed by atoms with Gasteiger partial charge in [0.2, 0.25) is 5.41 Å². The number of halogens is 8. The molecule has 4 aromatic carbocycles. The van der Waals surface area contributed by atoms with E-state index in [9.17, 15) is 26.3 Å². The molecule has 4 rings (SSSR count). The van der Waals surface area contributed by atoms with E-state index in [0.717, 1.165) is 47.2 Å². The van der Waals surface area contributed by atoms with E-state index in [1.807, 2.05) is 24.3 Å². The summed E-state index contributed by atoms with van der Waals surface area (Å²) in [5.41, 5.74) is -6.67. The topological polar surface area (TPSA) is 9.23 Å². The van der Waals surface area contributed by atoms with Gasteiger partial charge in [-0.1, -0.05) is 65.7 Å². The molecule has 0 radical (unpaired) electrons. The summed E-state index contributed by atoms with van der Waals surface area (Å²) in [5, 5.41) is 0.785. The molecular formula is C25H14Cl2F6O. The maximum atomic E-state index is 14.3. The Balaban J connectivity index is 1.80. The van der Waals surface area contributed by atoms with Crippen molar-refractivity contribution in [3.8, 4) is 11.5 Å². The summed E-state index contributed by atoms with van der Waals surface area (Å²) in [4.78, 5) is 0. The van der Waals surface area contributed by atoms with Gasteiger partial charge in [-0.2, -0.15) is 26.3 Å². The molecule has 0 aromatic heterocycles. The van der Waals surface area contributed by atoms with Crippen molar-refractivity contribution in [2.45, 2.75) is 17.8 Å². The highest BCUT2D eigenvalue weighted by molar-refractivity contribution is 6.33. The monoisotopic (exact) mass is 514 g/mol. The molecule has 1 nitrogen and oxygen atoms in total. The van der Waals surface area contributed by atoms with E-state index >= 15 is 0 Å². The van der Waals surface area contributed by atoms with Crippen LogP contribution in [-0.2, 0) is 5.41 Å². The highest BCUT2D eigenvalue weighted by Gasteiger charge is 2.73. The molecule has 0 amide bonds. The fourth-order valence-corrected chi connectivity index (χ4v) is 4.31. The molecule has 0 aliphatic heterocycles. The summed E-state index contributed by atoms with van der Waals surface area (Å²) in [5.74, 6) is 0.441. The first-order valence-corrected chi connectivity index (χ1v) is 10.6. The van der Waals surface area contributed by atoms with Crippen molar-refractivity contribution in [3.05, 3.63) is 106 Å². The first kappa shape index (κ1) is 24.2. The van der Waals surface area contributed by atoms with Crippen LogP contribution >= 0.6 is 23.2 Å². The van der Waals surface area contributed by atoms with Gasteiger partial charge in [-0.15, -0.1) is 0 Å². The molecule has 0 spiro atoms. The number of rotatable bonds is 4. The fraction of sp³-hybridized carbons (Fsp3) is 0.120. The van der Waals surface area contributed by atoms with Gasteiger partial charge in [-0.3, -0.25) is 0 Å². The molecule has 0 saturated carbocycles. The Morgan fingerprint density at radius 1 is 0.588 bits per heavy atom. The number of fused-ring (bicyclic) bond motifs is 1. The summed E-state index contributed by atoms with van der Waals surface area (Å²) >= 11 is 11.6. The lowest BCUT2D eigenvalue weighted by Crippen LogP contribution is -2.55. The van der Waals surface area contributed by atoms with Crippen LogP contribution in [0.1, 0.15) is 11.1 Å². The van der Waals surface area contributed by atoms with Crippen LogP contribution in [0.3, 0.4) is 0 Å². The molecule has 9 heteroatoms. The molecule has 0 bridgehead atoms. The van der Waals surface area contributed by atoms with Gasteiger partial charge in [0, 0.05) is 15.6 Å². The van der Waals surface area contributed by atoms with Crippen molar-refractivity contribution >= 4 is 34.0 Å². The van der Waals surface area contributed by atoms with E-state index in [4.69, 9.17) is 27.9 Å². The van der Waals surface area contributed by atoms with Crippen molar-refractivity contribution < 1.29 is 31.1 Å². The van der Waals surface area contributed by atoms with Crippen LogP contribution in [0.25, 0.3) is 10.8 Å². The Bertz CT molecular complexity index is 1320. The van der Waals surface area contributed by atoms with Crippen LogP contribution < -0.4 is 4.74 Å². The second-order valence-corrected chi connectivity index (χ2v) is 8.35. The quantitative estimate of drug-likeness (QED) is 0.246. The largest absolute Gasteiger partial charge is 0.457 e. The first-order valence-electron chi connectivity index (χ1n) is 9.79. The number of hydrogen-bond donors (Lipinski definition) is 0. The van der Waals surface area contributed by atoms with E-state index in [2.05, 4.69) is 0 Å². The van der Waals surface area contributed by atoms with E-state index in [-0.39, 0.29) is 10.8 Å². The standard InChI is InChI=1S/C25H14Cl2F6O/c26-18-8-12-22(27)21(14-18)23(24(28,29)30,25(31,32)33)17-6-10-19(11-7-17)34-20-9-5-15-3-1-2-4-16(15)13-20/h1-14H. The Morgan fingerprint density at radius 3 is 1.79 bits per heavy atom. The number of ether oxygens (including phenoxy) is 1. The first-order chi connectivity index (χ1) is 15.9. The highest BCUT2D eigenvalue weighted by Crippen LogP contribution is 2.58. The molecule has 0 unspecified atom stereocenters. The van der Waals surface area contributed by atoms with Crippen LogP contribution in [0.2, 0.25) is 10.0 Å². The lowest BCUT2D eigenvalue weighted by Gasteiger charge is -2.38. The van der Waals surface area contributed by atoms with Crippen LogP contribution in [0.5, 0.6) is 11.5 Å². The third-order valence-corrected chi connectivity index (χ3v) is 5.99. The summed E-state index contributed by atoms with van der Waals surface area (Å²) < 4.78 is 91.4. The number of hydrogen-bond acceptors (Lipinski definition) is 1. The molecule has 0 atom stereocenters.